The third-order valence-electron chi connectivity index (χ3n) is 4.36. The predicted octanol–water partition coefficient (Wildman–Crippen LogP) is 3.68. The lowest BCUT2D eigenvalue weighted by molar-refractivity contribution is 0.389. The molecule has 0 spiro atoms. The molecule has 122 valence electrons. The van der Waals surface area contributed by atoms with Crippen molar-refractivity contribution in [2.45, 2.75) is 32.6 Å². The summed E-state index contributed by atoms with van der Waals surface area (Å²) in [5.74, 6) is 2.90. The van der Waals surface area contributed by atoms with Gasteiger partial charge in [0, 0.05) is 24.1 Å². The van der Waals surface area contributed by atoms with Crippen LogP contribution in [0.5, 0.6) is 0 Å². The molecule has 2 N–H and O–H groups in total. The molecule has 0 atom stereocenters. The minimum atomic E-state index is 0.318. The maximum Gasteiger partial charge on any atom is 0.133 e. The van der Waals surface area contributed by atoms with Crippen LogP contribution < -0.4 is 10.6 Å². The first-order valence-electron chi connectivity index (χ1n) is 8.61. The van der Waals surface area contributed by atoms with Crippen molar-refractivity contribution >= 4 is 5.82 Å². The van der Waals surface area contributed by atoms with Crippen LogP contribution in [0.3, 0.4) is 0 Å². The van der Waals surface area contributed by atoms with Crippen molar-refractivity contribution < 1.29 is 0 Å². The number of nitrogens with zero attached hydrogens (tertiary/aromatic N) is 2. The normalized spacial score (nSPS) is 15.8. The lowest BCUT2D eigenvalue weighted by atomic mass is 9.98. The third-order valence-corrected chi connectivity index (χ3v) is 4.36. The first-order chi connectivity index (χ1) is 11.2. The summed E-state index contributed by atoms with van der Waals surface area (Å²) < 4.78 is 0. The molecule has 0 radical (unpaired) electrons. The second-order valence-electron chi connectivity index (χ2n) is 6.59. The van der Waals surface area contributed by atoms with E-state index < -0.39 is 0 Å². The van der Waals surface area contributed by atoms with Gasteiger partial charge in [-0.05, 0) is 31.8 Å². The molecule has 0 saturated carbocycles. The molecule has 1 aliphatic rings. The Hall–Kier alpha value is -1.94. The standard InChI is InChI=1S/C19H26N4/c1-14(2)19-22-17(16-6-4-3-5-7-16)12-18(23-19)21-13-15-8-10-20-11-9-15/h3-7,12,14-15,20H,8-11,13H2,1-2H3,(H,21,22,23). The molecule has 1 aromatic carbocycles. The van der Waals surface area contributed by atoms with Crippen molar-refractivity contribution in [3.63, 3.8) is 0 Å². The second kappa shape index (κ2) is 7.55. The third kappa shape index (κ3) is 4.29. The van der Waals surface area contributed by atoms with Crippen molar-refractivity contribution in [3.05, 3.63) is 42.2 Å². The molecule has 1 aliphatic heterocycles. The first kappa shape index (κ1) is 15.9. The first-order valence-corrected chi connectivity index (χ1v) is 8.61. The molecule has 0 bridgehead atoms. The van der Waals surface area contributed by atoms with E-state index in [1.165, 1.54) is 12.8 Å². The predicted molar refractivity (Wildman–Crippen MR) is 95.6 cm³/mol. The van der Waals surface area contributed by atoms with Crippen molar-refractivity contribution in [2.24, 2.45) is 5.92 Å². The molecule has 4 heteroatoms. The molecule has 0 unspecified atom stereocenters. The highest BCUT2D eigenvalue weighted by molar-refractivity contribution is 5.62. The van der Waals surface area contributed by atoms with Gasteiger partial charge in [0.15, 0.2) is 0 Å². The molecule has 1 fully saturated rings. The average molecular weight is 310 g/mol. The van der Waals surface area contributed by atoms with Gasteiger partial charge >= 0.3 is 0 Å². The smallest absolute Gasteiger partial charge is 0.133 e. The Bertz CT molecular complexity index is 619. The van der Waals surface area contributed by atoms with Gasteiger partial charge in [-0.1, -0.05) is 44.2 Å². The molecule has 3 rings (SSSR count). The fourth-order valence-corrected chi connectivity index (χ4v) is 2.91. The zero-order valence-electron chi connectivity index (χ0n) is 14.0. The van der Waals surface area contributed by atoms with Crippen LogP contribution >= 0.6 is 0 Å². The number of aromatic nitrogens is 2. The Kier molecular flexibility index (Phi) is 5.23. The number of hydrogen-bond donors (Lipinski definition) is 2. The SMILES string of the molecule is CC(C)c1nc(NCC2CCNCC2)cc(-c2ccccc2)n1. The van der Waals surface area contributed by atoms with Gasteiger partial charge in [-0.15, -0.1) is 0 Å². The summed E-state index contributed by atoms with van der Waals surface area (Å²) >= 11 is 0. The molecule has 2 aromatic rings. The highest BCUT2D eigenvalue weighted by Crippen LogP contribution is 2.23. The van der Waals surface area contributed by atoms with Gasteiger partial charge in [0.2, 0.25) is 0 Å². The van der Waals surface area contributed by atoms with Crippen molar-refractivity contribution in [1.82, 2.24) is 15.3 Å². The summed E-state index contributed by atoms with van der Waals surface area (Å²) in [5.41, 5.74) is 2.14. The second-order valence-corrected chi connectivity index (χ2v) is 6.59. The summed E-state index contributed by atoms with van der Waals surface area (Å²) in [7, 11) is 0. The summed E-state index contributed by atoms with van der Waals surface area (Å²) in [4.78, 5) is 9.44. The zero-order chi connectivity index (χ0) is 16.1. The minimum Gasteiger partial charge on any atom is -0.370 e. The molecule has 0 amide bonds. The number of hydrogen-bond acceptors (Lipinski definition) is 4. The molecular formula is C19H26N4. The van der Waals surface area contributed by atoms with E-state index in [0.717, 1.165) is 48.5 Å². The largest absolute Gasteiger partial charge is 0.370 e. The summed E-state index contributed by atoms with van der Waals surface area (Å²) in [6, 6.07) is 12.4. The van der Waals surface area contributed by atoms with Crippen LogP contribution in [0.25, 0.3) is 11.3 Å². The van der Waals surface area contributed by atoms with E-state index in [0.29, 0.717) is 5.92 Å². The lowest BCUT2D eigenvalue weighted by Gasteiger charge is -2.23. The molecular weight excluding hydrogens is 284 g/mol. The summed E-state index contributed by atoms with van der Waals surface area (Å²) in [5, 5.41) is 6.96. The van der Waals surface area contributed by atoms with Crippen LogP contribution in [-0.4, -0.2) is 29.6 Å². The van der Waals surface area contributed by atoms with Gasteiger partial charge in [0.1, 0.15) is 11.6 Å². The van der Waals surface area contributed by atoms with E-state index >= 15 is 0 Å². The lowest BCUT2D eigenvalue weighted by Crippen LogP contribution is -2.31. The van der Waals surface area contributed by atoms with Gasteiger partial charge < -0.3 is 10.6 Å². The van der Waals surface area contributed by atoms with E-state index in [9.17, 15) is 0 Å². The van der Waals surface area contributed by atoms with Crippen LogP contribution in [0.2, 0.25) is 0 Å². The highest BCUT2D eigenvalue weighted by Gasteiger charge is 2.14. The van der Waals surface area contributed by atoms with Gasteiger partial charge in [0.05, 0.1) is 5.69 Å². The monoisotopic (exact) mass is 310 g/mol. The Balaban J connectivity index is 1.79. The number of rotatable bonds is 5. The molecule has 2 heterocycles. The topological polar surface area (TPSA) is 49.8 Å². The number of piperidine rings is 1. The summed E-state index contributed by atoms with van der Waals surface area (Å²) in [6.45, 7) is 7.52. The van der Waals surface area contributed by atoms with E-state index in [-0.39, 0.29) is 0 Å². The molecule has 1 aromatic heterocycles. The fraction of sp³-hybridized carbons (Fsp3) is 0.474. The van der Waals surface area contributed by atoms with Gasteiger partial charge in [0.25, 0.3) is 0 Å². The molecule has 0 aliphatic carbocycles. The summed E-state index contributed by atoms with van der Waals surface area (Å²) in [6.07, 6.45) is 2.47. The van der Waals surface area contributed by atoms with Crippen molar-refractivity contribution in [2.75, 3.05) is 25.0 Å². The van der Waals surface area contributed by atoms with Crippen LogP contribution in [0.15, 0.2) is 36.4 Å². The van der Waals surface area contributed by atoms with Crippen molar-refractivity contribution in [1.29, 1.82) is 0 Å². The van der Waals surface area contributed by atoms with Gasteiger partial charge in [-0.2, -0.15) is 0 Å². The zero-order valence-corrected chi connectivity index (χ0v) is 14.0. The van der Waals surface area contributed by atoms with E-state index in [4.69, 9.17) is 9.97 Å². The van der Waals surface area contributed by atoms with E-state index in [1.54, 1.807) is 0 Å². The molecule has 23 heavy (non-hydrogen) atoms. The molecule has 4 nitrogen and oxygen atoms in total. The van der Waals surface area contributed by atoms with Gasteiger partial charge in [-0.25, -0.2) is 9.97 Å². The van der Waals surface area contributed by atoms with Crippen molar-refractivity contribution in [3.8, 4) is 11.3 Å². The number of anilines is 1. The quantitative estimate of drug-likeness (QED) is 0.884. The van der Waals surface area contributed by atoms with E-state index in [2.05, 4.69) is 54.8 Å². The number of benzene rings is 1. The Morgan fingerprint density at radius 1 is 1.13 bits per heavy atom. The van der Waals surface area contributed by atoms with Crippen LogP contribution in [0.4, 0.5) is 5.82 Å². The van der Waals surface area contributed by atoms with Gasteiger partial charge in [-0.3, -0.25) is 0 Å². The molecule has 1 saturated heterocycles. The van der Waals surface area contributed by atoms with Crippen LogP contribution in [0.1, 0.15) is 38.4 Å². The Morgan fingerprint density at radius 3 is 2.57 bits per heavy atom. The van der Waals surface area contributed by atoms with Crippen LogP contribution in [-0.2, 0) is 0 Å². The Labute approximate surface area is 138 Å². The fourth-order valence-electron chi connectivity index (χ4n) is 2.91. The van der Waals surface area contributed by atoms with E-state index in [1.807, 2.05) is 6.07 Å². The maximum absolute atomic E-state index is 4.74. The Morgan fingerprint density at radius 2 is 1.87 bits per heavy atom. The maximum atomic E-state index is 4.74. The number of nitrogens with one attached hydrogen (secondary N) is 2. The average Bonchev–Trinajstić information content (AvgIpc) is 2.61. The highest BCUT2D eigenvalue weighted by atomic mass is 15.0. The minimum absolute atomic E-state index is 0.318. The van der Waals surface area contributed by atoms with Crippen LogP contribution in [0, 0.1) is 5.92 Å².